The second kappa shape index (κ2) is 7.59. The van der Waals surface area contributed by atoms with E-state index in [1.165, 1.54) is 0 Å². The van der Waals surface area contributed by atoms with Crippen molar-refractivity contribution in [3.05, 3.63) is 98.7 Å². The van der Waals surface area contributed by atoms with Crippen LogP contribution in [0.15, 0.2) is 69.9 Å². The summed E-state index contributed by atoms with van der Waals surface area (Å²) in [6, 6.07) is 19.9. The molecule has 4 aromatic rings. The van der Waals surface area contributed by atoms with Crippen LogP contribution in [0.25, 0.3) is 22.3 Å². The molecule has 0 aliphatic heterocycles. The lowest BCUT2D eigenvalue weighted by atomic mass is 10.0. The van der Waals surface area contributed by atoms with Gasteiger partial charge in [0.2, 0.25) is 11.2 Å². The number of rotatable bonds is 4. The molecular weight excluding hydrogens is 360 g/mol. The van der Waals surface area contributed by atoms with Crippen molar-refractivity contribution in [1.29, 1.82) is 0 Å². The molecule has 3 aromatic carbocycles. The zero-order chi connectivity index (χ0) is 20.5. The third kappa shape index (κ3) is 3.81. The maximum absolute atomic E-state index is 13.4. The molecule has 4 rings (SSSR count). The van der Waals surface area contributed by atoms with Gasteiger partial charge in [-0.2, -0.15) is 0 Å². The molecule has 0 atom stereocenters. The molecule has 0 saturated heterocycles. The van der Waals surface area contributed by atoms with E-state index in [0.717, 1.165) is 33.4 Å². The Labute approximate surface area is 170 Å². The molecule has 0 spiro atoms. The van der Waals surface area contributed by atoms with Crippen molar-refractivity contribution in [3.8, 4) is 17.1 Å². The molecule has 3 heteroatoms. The zero-order valence-corrected chi connectivity index (χ0v) is 17.2. The number of fused-ring (bicyclic) bond motifs is 1. The van der Waals surface area contributed by atoms with E-state index < -0.39 is 0 Å². The molecule has 0 fully saturated rings. The molecule has 29 heavy (non-hydrogen) atoms. The van der Waals surface area contributed by atoms with E-state index in [9.17, 15) is 4.79 Å². The molecule has 0 N–H and O–H groups in total. The van der Waals surface area contributed by atoms with Crippen molar-refractivity contribution >= 4 is 11.0 Å². The SMILES string of the molecule is Cc1ccc(-c2oc3cc(C)cc(C)c3c(=O)c2OCc2cccc(C)c2)cc1. The van der Waals surface area contributed by atoms with Crippen LogP contribution in [0.2, 0.25) is 0 Å². The highest BCUT2D eigenvalue weighted by atomic mass is 16.5. The van der Waals surface area contributed by atoms with Crippen molar-refractivity contribution in [3.63, 3.8) is 0 Å². The largest absolute Gasteiger partial charge is 0.481 e. The van der Waals surface area contributed by atoms with Crippen LogP contribution >= 0.6 is 0 Å². The van der Waals surface area contributed by atoms with Gasteiger partial charge in [0.1, 0.15) is 12.2 Å². The van der Waals surface area contributed by atoms with Crippen LogP contribution in [-0.4, -0.2) is 0 Å². The summed E-state index contributed by atoms with van der Waals surface area (Å²) in [5.41, 5.74) is 6.55. The van der Waals surface area contributed by atoms with Crippen molar-refractivity contribution < 1.29 is 9.15 Å². The Kier molecular flexibility index (Phi) is 4.98. The van der Waals surface area contributed by atoms with Crippen LogP contribution in [0.1, 0.15) is 27.8 Å². The summed E-state index contributed by atoms with van der Waals surface area (Å²) < 4.78 is 12.3. The molecule has 0 unspecified atom stereocenters. The third-order valence-electron chi connectivity index (χ3n) is 5.07. The fraction of sp³-hybridized carbons (Fsp3) is 0.192. The van der Waals surface area contributed by atoms with Gasteiger partial charge in [-0.15, -0.1) is 0 Å². The van der Waals surface area contributed by atoms with Gasteiger partial charge in [0.05, 0.1) is 5.39 Å². The maximum Gasteiger partial charge on any atom is 0.235 e. The fourth-order valence-electron chi connectivity index (χ4n) is 3.66. The smallest absolute Gasteiger partial charge is 0.235 e. The summed E-state index contributed by atoms with van der Waals surface area (Å²) in [4.78, 5) is 13.4. The van der Waals surface area contributed by atoms with Crippen LogP contribution in [0, 0.1) is 27.7 Å². The van der Waals surface area contributed by atoms with E-state index in [1.54, 1.807) is 0 Å². The van der Waals surface area contributed by atoms with E-state index in [1.807, 2.05) is 82.3 Å². The minimum absolute atomic E-state index is 0.132. The van der Waals surface area contributed by atoms with Crippen LogP contribution in [-0.2, 0) is 6.61 Å². The molecule has 0 aliphatic carbocycles. The first-order valence-electron chi connectivity index (χ1n) is 9.76. The van der Waals surface area contributed by atoms with Gasteiger partial charge >= 0.3 is 0 Å². The Hall–Kier alpha value is -3.33. The van der Waals surface area contributed by atoms with Gasteiger partial charge in [0, 0.05) is 5.56 Å². The standard InChI is InChI=1S/C26H24O3/c1-16-8-10-21(11-9-16)25-26(28-15-20-7-5-6-17(2)13-20)24(27)23-19(4)12-18(3)14-22(23)29-25/h5-14H,15H2,1-4H3. The Bertz CT molecular complexity index is 1250. The van der Waals surface area contributed by atoms with Gasteiger partial charge in [0.25, 0.3) is 0 Å². The highest BCUT2D eigenvalue weighted by Crippen LogP contribution is 2.33. The van der Waals surface area contributed by atoms with Gasteiger partial charge < -0.3 is 9.15 Å². The molecule has 0 radical (unpaired) electrons. The van der Waals surface area contributed by atoms with E-state index in [4.69, 9.17) is 9.15 Å². The number of hydrogen-bond acceptors (Lipinski definition) is 3. The second-order valence-electron chi connectivity index (χ2n) is 7.69. The fourth-order valence-corrected chi connectivity index (χ4v) is 3.66. The minimum atomic E-state index is -0.132. The number of ether oxygens (including phenoxy) is 1. The molecule has 1 aromatic heterocycles. The topological polar surface area (TPSA) is 39.4 Å². The third-order valence-corrected chi connectivity index (χ3v) is 5.07. The van der Waals surface area contributed by atoms with Crippen LogP contribution in [0.4, 0.5) is 0 Å². The molecule has 1 heterocycles. The summed E-state index contributed by atoms with van der Waals surface area (Å²) in [6.45, 7) is 8.31. The molecule has 146 valence electrons. The zero-order valence-electron chi connectivity index (χ0n) is 17.2. The number of benzene rings is 3. The highest BCUT2D eigenvalue weighted by molar-refractivity contribution is 5.85. The summed E-state index contributed by atoms with van der Waals surface area (Å²) >= 11 is 0. The molecule has 3 nitrogen and oxygen atoms in total. The summed E-state index contributed by atoms with van der Waals surface area (Å²) in [7, 11) is 0. The predicted molar refractivity (Wildman–Crippen MR) is 118 cm³/mol. The summed E-state index contributed by atoms with van der Waals surface area (Å²) in [5, 5.41) is 0.575. The Balaban J connectivity index is 1.89. The lowest BCUT2D eigenvalue weighted by Crippen LogP contribution is -2.11. The van der Waals surface area contributed by atoms with Crippen molar-refractivity contribution in [1.82, 2.24) is 0 Å². The van der Waals surface area contributed by atoms with Gasteiger partial charge in [-0.05, 0) is 50.5 Å². The Morgan fingerprint density at radius 1 is 0.828 bits per heavy atom. The predicted octanol–water partition coefficient (Wildman–Crippen LogP) is 6.27. The highest BCUT2D eigenvalue weighted by Gasteiger charge is 2.19. The first-order valence-corrected chi connectivity index (χ1v) is 9.76. The molecule has 0 saturated carbocycles. The quantitative estimate of drug-likeness (QED) is 0.416. The van der Waals surface area contributed by atoms with Crippen LogP contribution < -0.4 is 10.2 Å². The van der Waals surface area contributed by atoms with Crippen LogP contribution in [0.3, 0.4) is 0 Å². The van der Waals surface area contributed by atoms with Crippen molar-refractivity contribution in [2.75, 3.05) is 0 Å². The number of hydrogen-bond donors (Lipinski definition) is 0. The number of aryl methyl sites for hydroxylation is 4. The summed E-state index contributed by atoms with van der Waals surface area (Å²) in [6.07, 6.45) is 0. The molecule has 0 aliphatic rings. The first kappa shape index (κ1) is 19.0. The minimum Gasteiger partial charge on any atom is -0.481 e. The average molecular weight is 384 g/mol. The molecule has 0 bridgehead atoms. The van der Waals surface area contributed by atoms with E-state index in [-0.39, 0.29) is 11.2 Å². The normalized spacial score (nSPS) is 11.0. The Morgan fingerprint density at radius 3 is 2.31 bits per heavy atom. The van der Waals surface area contributed by atoms with E-state index in [2.05, 4.69) is 6.07 Å². The van der Waals surface area contributed by atoms with E-state index in [0.29, 0.717) is 23.3 Å². The van der Waals surface area contributed by atoms with Crippen molar-refractivity contribution in [2.24, 2.45) is 0 Å². The second-order valence-corrected chi connectivity index (χ2v) is 7.69. The lowest BCUT2D eigenvalue weighted by Gasteiger charge is -2.13. The van der Waals surface area contributed by atoms with Gasteiger partial charge in [-0.3, -0.25) is 4.79 Å². The van der Waals surface area contributed by atoms with Gasteiger partial charge in [-0.25, -0.2) is 0 Å². The molecule has 0 amide bonds. The monoisotopic (exact) mass is 384 g/mol. The lowest BCUT2D eigenvalue weighted by molar-refractivity contribution is 0.298. The maximum atomic E-state index is 13.4. The Morgan fingerprint density at radius 2 is 1.59 bits per heavy atom. The van der Waals surface area contributed by atoms with Gasteiger partial charge in [0.15, 0.2) is 5.76 Å². The summed E-state index contributed by atoms with van der Waals surface area (Å²) in [5.74, 6) is 0.731. The average Bonchev–Trinajstić information content (AvgIpc) is 2.67. The van der Waals surface area contributed by atoms with E-state index >= 15 is 0 Å². The van der Waals surface area contributed by atoms with Crippen LogP contribution in [0.5, 0.6) is 5.75 Å². The molecular formula is C26H24O3. The first-order chi connectivity index (χ1) is 13.9. The van der Waals surface area contributed by atoms with Crippen molar-refractivity contribution in [2.45, 2.75) is 34.3 Å². The van der Waals surface area contributed by atoms with Gasteiger partial charge in [-0.1, -0.05) is 65.7 Å².